The van der Waals surface area contributed by atoms with Gasteiger partial charge in [0.1, 0.15) is 27.4 Å². The Labute approximate surface area is 260 Å². The summed E-state index contributed by atoms with van der Waals surface area (Å²) in [5.41, 5.74) is 8.71. The number of halogens is 2. The van der Waals surface area contributed by atoms with Crippen molar-refractivity contribution >= 4 is 58.3 Å². The standard InChI is InChI=1S/C30H35Cl2N7O4/c1-4-24(40)35-19-9-7-8-17(12-19)15-39-28-18(14-34-29(37-28)36-21-11-6-5-10-20(21)33)16-38(30(39)41)27-25(31)22(42-2)13-23(43-3)26(27)32/h7-9,12-14,20-21H,4-6,10-11,15-16,33H2,1-3H3,(H,35,40)(H,34,36,37). The van der Waals surface area contributed by atoms with Crippen LogP contribution in [-0.2, 0) is 17.9 Å². The quantitative estimate of drug-likeness (QED) is 0.264. The van der Waals surface area contributed by atoms with Crippen molar-refractivity contribution in [3.05, 3.63) is 57.7 Å². The molecular weight excluding hydrogens is 593 g/mol. The van der Waals surface area contributed by atoms with Crippen molar-refractivity contribution in [2.24, 2.45) is 5.73 Å². The zero-order chi connectivity index (χ0) is 30.7. The summed E-state index contributed by atoms with van der Waals surface area (Å²) in [6.45, 7) is 2.04. The molecule has 1 saturated carbocycles. The van der Waals surface area contributed by atoms with Gasteiger partial charge in [0.15, 0.2) is 0 Å². The lowest BCUT2D eigenvalue weighted by molar-refractivity contribution is -0.115. The third-order valence-electron chi connectivity index (χ3n) is 7.71. The van der Waals surface area contributed by atoms with Crippen molar-refractivity contribution in [3.63, 3.8) is 0 Å². The fraction of sp³-hybridized carbons (Fsp3) is 0.400. The molecule has 2 aliphatic rings. The van der Waals surface area contributed by atoms with E-state index in [2.05, 4.69) is 15.6 Å². The Bertz CT molecular complexity index is 1490. The second-order valence-electron chi connectivity index (χ2n) is 10.6. The Morgan fingerprint density at radius 2 is 1.84 bits per heavy atom. The van der Waals surface area contributed by atoms with Gasteiger partial charge in [0.05, 0.1) is 33.0 Å². The zero-order valence-corrected chi connectivity index (χ0v) is 25.8. The van der Waals surface area contributed by atoms with Crippen molar-refractivity contribution < 1.29 is 19.1 Å². The molecule has 43 heavy (non-hydrogen) atoms. The van der Waals surface area contributed by atoms with Crippen molar-refractivity contribution in [1.29, 1.82) is 0 Å². The van der Waals surface area contributed by atoms with E-state index in [1.807, 2.05) is 18.2 Å². The van der Waals surface area contributed by atoms with Crippen LogP contribution in [0.5, 0.6) is 11.5 Å². The van der Waals surface area contributed by atoms with Gasteiger partial charge in [-0.2, -0.15) is 4.98 Å². The SMILES string of the molecule is CCC(=O)Nc1cccc(CN2C(=O)N(c3c(Cl)c(OC)cc(OC)c3Cl)Cc3cnc(NC4CCCCC4N)nc32)c1. The highest BCUT2D eigenvalue weighted by Gasteiger charge is 2.37. The van der Waals surface area contributed by atoms with Crippen LogP contribution in [0.3, 0.4) is 0 Å². The van der Waals surface area contributed by atoms with Crippen molar-refractivity contribution in [3.8, 4) is 11.5 Å². The van der Waals surface area contributed by atoms with Crippen LogP contribution in [0.15, 0.2) is 36.5 Å². The van der Waals surface area contributed by atoms with Crippen LogP contribution in [0.1, 0.15) is 50.2 Å². The summed E-state index contributed by atoms with van der Waals surface area (Å²) < 4.78 is 10.9. The molecule has 2 atom stereocenters. The largest absolute Gasteiger partial charge is 0.495 e. The highest BCUT2D eigenvalue weighted by molar-refractivity contribution is 6.42. The molecule has 228 valence electrons. The van der Waals surface area contributed by atoms with Crippen LogP contribution in [0.25, 0.3) is 0 Å². The minimum Gasteiger partial charge on any atom is -0.495 e. The highest BCUT2D eigenvalue weighted by Crippen LogP contribution is 2.48. The predicted molar refractivity (Wildman–Crippen MR) is 169 cm³/mol. The van der Waals surface area contributed by atoms with E-state index in [0.717, 1.165) is 31.2 Å². The monoisotopic (exact) mass is 627 g/mol. The van der Waals surface area contributed by atoms with E-state index in [1.165, 1.54) is 19.1 Å². The molecular formula is C30H35Cl2N7O4. The molecule has 11 nitrogen and oxygen atoms in total. The first kappa shape index (κ1) is 30.7. The smallest absolute Gasteiger partial charge is 0.330 e. The molecule has 13 heteroatoms. The molecule has 3 aromatic rings. The van der Waals surface area contributed by atoms with E-state index in [0.29, 0.717) is 40.9 Å². The lowest BCUT2D eigenvalue weighted by Gasteiger charge is -2.37. The summed E-state index contributed by atoms with van der Waals surface area (Å²) in [7, 11) is 2.95. The van der Waals surface area contributed by atoms with Gasteiger partial charge in [-0.3, -0.25) is 14.6 Å². The third-order valence-corrected chi connectivity index (χ3v) is 8.45. The molecule has 1 aliphatic carbocycles. The predicted octanol–water partition coefficient (Wildman–Crippen LogP) is 5.98. The molecule has 3 amide bonds. The number of nitrogens with zero attached hydrogens (tertiary/aromatic N) is 4. The second-order valence-corrected chi connectivity index (χ2v) is 11.3. The second kappa shape index (κ2) is 13.2. The molecule has 0 radical (unpaired) electrons. The van der Waals surface area contributed by atoms with E-state index in [9.17, 15) is 9.59 Å². The number of rotatable bonds is 9. The van der Waals surface area contributed by atoms with E-state index < -0.39 is 6.03 Å². The Morgan fingerprint density at radius 3 is 2.51 bits per heavy atom. The van der Waals surface area contributed by atoms with Gasteiger partial charge in [0.25, 0.3) is 0 Å². The number of benzene rings is 2. The van der Waals surface area contributed by atoms with Crippen LogP contribution in [0.4, 0.5) is 27.9 Å². The lowest BCUT2D eigenvalue weighted by Crippen LogP contribution is -2.48. The highest BCUT2D eigenvalue weighted by atomic mass is 35.5. The third kappa shape index (κ3) is 6.43. The maximum absolute atomic E-state index is 14.3. The first-order chi connectivity index (χ1) is 20.7. The van der Waals surface area contributed by atoms with Crippen LogP contribution >= 0.6 is 23.2 Å². The maximum Gasteiger partial charge on any atom is 0.330 e. The molecule has 2 unspecified atom stereocenters. The summed E-state index contributed by atoms with van der Waals surface area (Å²) >= 11 is 13.5. The Kier molecular flexibility index (Phi) is 9.43. The molecule has 2 aromatic carbocycles. The van der Waals surface area contributed by atoms with Gasteiger partial charge in [-0.15, -0.1) is 0 Å². The average molecular weight is 629 g/mol. The van der Waals surface area contributed by atoms with Gasteiger partial charge in [-0.25, -0.2) is 9.78 Å². The average Bonchev–Trinajstić information content (AvgIpc) is 3.00. The van der Waals surface area contributed by atoms with Crippen molar-refractivity contribution in [1.82, 2.24) is 9.97 Å². The molecule has 1 aliphatic heterocycles. The normalized spacial score (nSPS) is 18.2. The number of fused-ring (bicyclic) bond motifs is 1. The van der Waals surface area contributed by atoms with Gasteiger partial charge in [0, 0.05) is 42.0 Å². The lowest BCUT2D eigenvalue weighted by atomic mass is 9.91. The van der Waals surface area contributed by atoms with Crippen LogP contribution < -0.4 is 35.6 Å². The summed E-state index contributed by atoms with van der Waals surface area (Å²) in [6, 6.07) is 8.53. The van der Waals surface area contributed by atoms with Gasteiger partial charge in [0.2, 0.25) is 11.9 Å². The first-order valence-electron chi connectivity index (χ1n) is 14.2. The molecule has 0 bridgehead atoms. The number of carbonyl (C=O) groups excluding carboxylic acids is 2. The summed E-state index contributed by atoms with van der Waals surface area (Å²) in [4.78, 5) is 38.8. The number of methoxy groups -OCH3 is 2. The number of amides is 3. The minimum absolute atomic E-state index is 0.00463. The van der Waals surface area contributed by atoms with E-state index >= 15 is 0 Å². The summed E-state index contributed by atoms with van der Waals surface area (Å²) in [5.74, 6) is 1.36. The van der Waals surface area contributed by atoms with Crippen LogP contribution in [0, 0.1) is 0 Å². The number of hydrogen-bond acceptors (Lipinski definition) is 8. The van der Waals surface area contributed by atoms with E-state index in [1.54, 1.807) is 30.2 Å². The number of aromatic nitrogens is 2. The Morgan fingerprint density at radius 1 is 1.12 bits per heavy atom. The van der Waals surface area contributed by atoms with Crippen LogP contribution in [-0.4, -0.2) is 48.2 Å². The summed E-state index contributed by atoms with van der Waals surface area (Å²) in [5, 5.41) is 6.59. The minimum atomic E-state index is -0.409. The number of nitrogens with two attached hydrogens (primary N) is 1. The van der Waals surface area contributed by atoms with Crippen molar-refractivity contribution in [2.45, 2.75) is 64.2 Å². The zero-order valence-electron chi connectivity index (χ0n) is 24.3. The number of ether oxygens (including phenoxy) is 2. The number of nitrogens with one attached hydrogen (secondary N) is 2. The molecule has 4 N–H and O–H groups in total. The van der Waals surface area contributed by atoms with Gasteiger partial charge in [-0.1, -0.05) is 55.1 Å². The van der Waals surface area contributed by atoms with E-state index in [-0.39, 0.29) is 46.8 Å². The van der Waals surface area contributed by atoms with E-state index in [4.69, 9.17) is 43.4 Å². The number of anilines is 4. The van der Waals surface area contributed by atoms with Crippen molar-refractivity contribution in [2.75, 3.05) is 34.7 Å². The number of carbonyl (C=O) groups is 2. The molecule has 0 spiro atoms. The van der Waals surface area contributed by atoms with Gasteiger partial charge < -0.3 is 25.8 Å². The molecule has 5 rings (SSSR count). The maximum atomic E-state index is 14.3. The Balaban J connectivity index is 1.56. The number of hydrogen-bond donors (Lipinski definition) is 3. The van der Waals surface area contributed by atoms with Crippen LogP contribution in [0.2, 0.25) is 10.0 Å². The molecule has 1 aromatic heterocycles. The van der Waals surface area contributed by atoms with Gasteiger partial charge >= 0.3 is 6.03 Å². The fourth-order valence-corrected chi connectivity index (χ4v) is 6.10. The first-order valence-corrected chi connectivity index (χ1v) is 14.9. The topological polar surface area (TPSA) is 135 Å². The number of urea groups is 1. The summed E-state index contributed by atoms with van der Waals surface area (Å²) in [6.07, 6.45) is 6.07. The molecule has 1 fully saturated rings. The van der Waals surface area contributed by atoms with Gasteiger partial charge in [-0.05, 0) is 30.5 Å². The molecule has 2 heterocycles. The Hall–Kier alpha value is -3.80. The molecule has 0 saturated heterocycles. The fourth-order valence-electron chi connectivity index (χ4n) is 5.40.